The molecule has 0 spiro atoms. The van der Waals surface area contributed by atoms with Crippen molar-refractivity contribution in [2.24, 2.45) is 0 Å². The maximum absolute atomic E-state index is 2.42. The number of fused-ring (bicyclic) bond motifs is 2. The lowest BCUT2D eigenvalue weighted by Gasteiger charge is -2.14. The van der Waals surface area contributed by atoms with Gasteiger partial charge in [0.2, 0.25) is 17.1 Å². The van der Waals surface area contributed by atoms with Crippen LogP contribution >= 0.6 is 0 Å². The summed E-state index contributed by atoms with van der Waals surface area (Å²) >= 11 is 0. The second-order valence-electron chi connectivity index (χ2n) is 8.99. The van der Waals surface area contributed by atoms with Crippen LogP contribution in [0, 0.1) is 0 Å². The van der Waals surface area contributed by atoms with Gasteiger partial charge in [-0.05, 0) is 49.9 Å². The van der Waals surface area contributed by atoms with Crippen LogP contribution in [0.2, 0.25) is 0 Å². The summed E-state index contributed by atoms with van der Waals surface area (Å²) in [5.74, 6) is 0. The van der Waals surface area contributed by atoms with E-state index in [1.807, 2.05) is 0 Å². The third kappa shape index (κ3) is 3.58. The minimum absolute atomic E-state index is 1.02. The van der Waals surface area contributed by atoms with Crippen molar-refractivity contribution in [3.8, 4) is 0 Å². The lowest BCUT2D eigenvalue weighted by molar-refractivity contribution is -0.519. The lowest BCUT2D eigenvalue weighted by Crippen LogP contribution is -2.22. The van der Waals surface area contributed by atoms with Crippen molar-refractivity contribution in [2.45, 2.75) is 26.7 Å². The Bertz CT molecular complexity index is 1090. The molecule has 5 rings (SSSR count). The van der Waals surface area contributed by atoms with Crippen molar-refractivity contribution in [3.63, 3.8) is 0 Å². The zero-order valence-electron chi connectivity index (χ0n) is 19.8. The minimum Gasteiger partial charge on any atom is -0.374 e. The van der Waals surface area contributed by atoms with E-state index < -0.39 is 0 Å². The molecule has 0 N–H and O–H groups in total. The first kappa shape index (κ1) is 20.7. The number of likely N-dealkylation sites (N-methyl/N-ethyl adjacent to an activating group) is 2. The van der Waals surface area contributed by atoms with Crippen molar-refractivity contribution in [1.82, 2.24) is 4.58 Å². The highest BCUT2D eigenvalue weighted by Gasteiger charge is 2.26. The van der Waals surface area contributed by atoms with Gasteiger partial charge in [-0.3, -0.25) is 0 Å². The van der Waals surface area contributed by atoms with Gasteiger partial charge >= 0.3 is 0 Å². The van der Waals surface area contributed by atoms with E-state index in [2.05, 4.69) is 108 Å². The van der Waals surface area contributed by atoms with Crippen LogP contribution in [0.3, 0.4) is 0 Å². The molecule has 4 nitrogen and oxygen atoms in total. The van der Waals surface area contributed by atoms with Crippen molar-refractivity contribution in [2.75, 3.05) is 50.1 Å². The van der Waals surface area contributed by atoms with Gasteiger partial charge < -0.3 is 9.80 Å². The van der Waals surface area contributed by atoms with Gasteiger partial charge in [-0.15, -0.1) is 0 Å². The molecule has 0 fully saturated rings. The molecule has 0 radical (unpaired) electrons. The average molecular weight is 427 g/mol. The van der Waals surface area contributed by atoms with Crippen LogP contribution in [0.4, 0.5) is 22.7 Å². The summed E-state index contributed by atoms with van der Waals surface area (Å²) in [5, 5.41) is 0. The first-order valence-corrected chi connectivity index (χ1v) is 11.9. The SMILES string of the molecule is CC[N+](CC)=C1C=CC(=[N+](c2ccc3c(c2)CCN3C)c2ccc3c(c2)CCN3C)C=C1. The van der Waals surface area contributed by atoms with Gasteiger partial charge in [-0.2, -0.15) is 4.58 Å². The van der Waals surface area contributed by atoms with E-state index in [9.17, 15) is 0 Å². The molecule has 0 saturated heterocycles. The number of rotatable bonds is 4. The molecule has 1 aliphatic carbocycles. The highest BCUT2D eigenvalue weighted by atomic mass is 15.1. The van der Waals surface area contributed by atoms with Gasteiger partial charge in [0.05, 0.1) is 0 Å². The standard InChI is InChI=1S/C28H34N4/c1-5-31(6-2)23-7-9-24(10-8-23)32(25-11-13-27-21(19-25)15-17-29(27)3)26-12-14-28-22(20-26)16-18-30(28)4/h7-14,19-20H,5-6,15-18H2,1-4H3/q+2. The monoisotopic (exact) mass is 426 g/mol. The molecule has 3 aliphatic rings. The number of hydrogen-bond acceptors (Lipinski definition) is 2. The fourth-order valence-electron chi connectivity index (χ4n) is 5.23. The van der Waals surface area contributed by atoms with E-state index in [0.29, 0.717) is 0 Å². The van der Waals surface area contributed by atoms with Crippen molar-refractivity contribution in [3.05, 3.63) is 71.8 Å². The zero-order chi connectivity index (χ0) is 22.2. The smallest absolute Gasteiger partial charge is 0.212 e. The summed E-state index contributed by atoms with van der Waals surface area (Å²) in [6.45, 7) is 8.68. The van der Waals surface area contributed by atoms with Crippen LogP contribution in [0.5, 0.6) is 0 Å². The molecule has 2 aliphatic heterocycles. The maximum atomic E-state index is 2.42. The minimum atomic E-state index is 1.02. The molecule has 0 unspecified atom stereocenters. The molecule has 0 atom stereocenters. The maximum Gasteiger partial charge on any atom is 0.212 e. The fourth-order valence-corrected chi connectivity index (χ4v) is 5.23. The van der Waals surface area contributed by atoms with Crippen LogP contribution in [0.25, 0.3) is 0 Å². The van der Waals surface area contributed by atoms with E-state index in [1.165, 1.54) is 45.3 Å². The van der Waals surface area contributed by atoms with Crippen LogP contribution in [0.15, 0.2) is 60.7 Å². The number of benzene rings is 2. The predicted molar refractivity (Wildman–Crippen MR) is 138 cm³/mol. The molecular weight excluding hydrogens is 392 g/mol. The molecule has 4 heteroatoms. The molecule has 0 saturated carbocycles. The Labute approximate surface area is 192 Å². The number of allylic oxidation sites excluding steroid dienone is 4. The molecule has 2 heterocycles. The average Bonchev–Trinajstić information content (AvgIpc) is 3.38. The van der Waals surface area contributed by atoms with E-state index in [0.717, 1.165) is 39.0 Å². The Morgan fingerprint density at radius 1 is 0.688 bits per heavy atom. The second-order valence-corrected chi connectivity index (χ2v) is 8.99. The molecule has 2 aromatic carbocycles. The second kappa shape index (κ2) is 8.42. The summed E-state index contributed by atoms with van der Waals surface area (Å²) < 4.78 is 4.81. The number of anilines is 2. The summed E-state index contributed by atoms with van der Waals surface area (Å²) in [6, 6.07) is 13.9. The molecule has 0 aromatic heterocycles. The normalized spacial score (nSPS) is 16.6. The lowest BCUT2D eigenvalue weighted by atomic mass is 10.1. The first-order valence-electron chi connectivity index (χ1n) is 11.9. The quantitative estimate of drug-likeness (QED) is 0.525. The zero-order valence-corrected chi connectivity index (χ0v) is 19.8. The highest BCUT2D eigenvalue weighted by Crippen LogP contribution is 2.35. The van der Waals surface area contributed by atoms with Crippen molar-refractivity contribution in [1.29, 1.82) is 0 Å². The van der Waals surface area contributed by atoms with Gasteiger partial charge in [0, 0.05) is 87.1 Å². The Hall–Kier alpha value is -3.14. The van der Waals surface area contributed by atoms with E-state index in [-0.39, 0.29) is 0 Å². The number of hydrogen-bond donors (Lipinski definition) is 0. The Morgan fingerprint density at radius 3 is 1.62 bits per heavy atom. The molecular formula is C28H34N4+2. The van der Waals surface area contributed by atoms with E-state index in [4.69, 9.17) is 0 Å². The Morgan fingerprint density at radius 2 is 1.16 bits per heavy atom. The predicted octanol–water partition coefficient (Wildman–Crippen LogP) is 4.57. The van der Waals surface area contributed by atoms with Gasteiger partial charge in [0.25, 0.3) is 0 Å². The Balaban J connectivity index is 1.65. The molecule has 0 amide bonds. The third-order valence-electron chi connectivity index (χ3n) is 7.13. The molecule has 0 bridgehead atoms. The van der Waals surface area contributed by atoms with E-state index >= 15 is 0 Å². The van der Waals surface area contributed by atoms with Gasteiger partial charge in [-0.25, -0.2) is 4.58 Å². The molecule has 32 heavy (non-hydrogen) atoms. The van der Waals surface area contributed by atoms with Crippen LogP contribution in [-0.2, 0) is 12.8 Å². The fraction of sp³-hybridized carbons (Fsp3) is 0.357. The van der Waals surface area contributed by atoms with Gasteiger partial charge in [0.15, 0.2) is 5.71 Å². The summed E-state index contributed by atoms with van der Waals surface area (Å²) in [7, 11) is 4.37. The van der Waals surface area contributed by atoms with Crippen molar-refractivity contribution < 1.29 is 4.58 Å². The third-order valence-corrected chi connectivity index (χ3v) is 7.13. The highest BCUT2D eigenvalue weighted by molar-refractivity contribution is 6.18. The molecule has 2 aromatic rings. The summed E-state index contributed by atoms with van der Waals surface area (Å²) in [6.07, 6.45) is 11.3. The molecule has 164 valence electrons. The largest absolute Gasteiger partial charge is 0.374 e. The van der Waals surface area contributed by atoms with E-state index in [1.54, 1.807) is 0 Å². The summed E-state index contributed by atoms with van der Waals surface area (Å²) in [5.41, 5.74) is 10.6. The van der Waals surface area contributed by atoms with Crippen LogP contribution in [-0.4, -0.2) is 56.3 Å². The number of nitrogens with zero attached hydrogens (tertiary/aromatic N) is 4. The topological polar surface area (TPSA) is 12.5 Å². The van der Waals surface area contributed by atoms with Crippen molar-refractivity contribution >= 4 is 34.2 Å². The first-order chi connectivity index (χ1) is 15.6. The van der Waals surface area contributed by atoms with Gasteiger partial charge in [0.1, 0.15) is 13.1 Å². The van der Waals surface area contributed by atoms with Crippen LogP contribution < -0.4 is 14.4 Å². The van der Waals surface area contributed by atoms with Gasteiger partial charge in [-0.1, -0.05) is 0 Å². The summed E-state index contributed by atoms with van der Waals surface area (Å²) in [4.78, 5) is 4.71. The Kier molecular flexibility index (Phi) is 5.46. The van der Waals surface area contributed by atoms with Crippen LogP contribution in [0.1, 0.15) is 25.0 Å².